The smallest absolute Gasteiger partial charge is 0.247 e. The van der Waals surface area contributed by atoms with Crippen LogP contribution in [0.15, 0.2) is 34.7 Å². The summed E-state index contributed by atoms with van der Waals surface area (Å²) in [5.74, 6) is 1.54. The van der Waals surface area contributed by atoms with E-state index in [0.717, 1.165) is 12.0 Å². The fourth-order valence-electron chi connectivity index (χ4n) is 2.88. The van der Waals surface area contributed by atoms with Crippen LogP contribution in [-0.4, -0.2) is 41.8 Å². The molecule has 0 unspecified atom stereocenters. The zero-order chi connectivity index (χ0) is 16.3. The molecule has 0 radical (unpaired) electrons. The molecule has 1 aromatic carbocycles. The summed E-state index contributed by atoms with van der Waals surface area (Å²) in [7, 11) is -3.11. The Morgan fingerprint density at radius 3 is 2.78 bits per heavy atom. The van der Waals surface area contributed by atoms with E-state index in [1.807, 2.05) is 37.3 Å². The number of hydrogen-bond donors (Lipinski definition) is 0. The molecule has 2 heterocycles. The van der Waals surface area contributed by atoms with Gasteiger partial charge in [0.15, 0.2) is 0 Å². The lowest BCUT2D eigenvalue weighted by Gasteiger charge is -2.15. The average Bonchev–Trinajstić information content (AvgIpc) is 3.18. The molecular formula is C16H21N3O3S. The predicted molar refractivity (Wildman–Crippen MR) is 87.2 cm³/mol. The molecule has 3 rings (SSSR count). The molecular weight excluding hydrogens is 314 g/mol. The molecule has 1 saturated heterocycles. The summed E-state index contributed by atoms with van der Waals surface area (Å²) < 4.78 is 31.5. The van der Waals surface area contributed by atoms with Gasteiger partial charge in [-0.2, -0.15) is 0 Å². The molecule has 0 aliphatic carbocycles. The van der Waals surface area contributed by atoms with Crippen LogP contribution in [0.5, 0.6) is 0 Å². The summed E-state index contributed by atoms with van der Waals surface area (Å²) in [4.78, 5) is 0. The molecule has 0 saturated carbocycles. The molecule has 124 valence electrons. The molecule has 0 spiro atoms. The molecule has 1 fully saturated rings. The number of aromatic nitrogens is 2. The molecule has 7 heteroatoms. The largest absolute Gasteiger partial charge is 0.421 e. The second-order valence-electron chi connectivity index (χ2n) is 5.90. The van der Waals surface area contributed by atoms with Crippen molar-refractivity contribution in [2.45, 2.75) is 26.2 Å². The SMILES string of the molecule is CCCS(=O)(=O)N1CC[C@H](Cc2nnc(-c3ccccc3)o2)C1. The van der Waals surface area contributed by atoms with Crippen LogP contribution in [-0.2, 0) is 16.4 Å². The van der Waals surface area contributed by atoms with Crippen molar-refractivity contribution in [1.29, 1.82) is 0 Å². The average molecular weight is 335 g/mol. The van der Waals surface area contributed by atoms with Crippen molar-refractivity contribution in [2.24, 2.45) is 5.92 Å². The van der Waals surface area contributed by atoms with Crippen molar-refractivity contribution in [3.8, 4) is 11.5 Å². The van der Waals surface area contributed by atoms with E-state index >= 15 is 0 Å². The third-order valence-corrected chi connectivity index (χ3v) is 6.10. The van der Waals surface area contributed by atoms with E-state index in [9.17, 15) is 8.42 Å². The van der Waals surface area contributed by atoms with Crippen molar-refractivity contribution in [1.82, 2.24) is 14.5 Å². The molecule has 0 N–H and O–H groups in total. The van der Waals surface area contributed by atoms with Crippen LogP contribution in [0.1, 0.15) is 25.7 Å². The fraction of sp³-hybridized carbons (Fsp3) is 0.500. The summed E-state index contributed by atoms with van der Waals surface area (Å²) in [6.45, 7) is 3.02. The first-order valence-corrected chi connectivity index (χ1v) is 9.55. The highest BCUT2D eigenvalue weighted by Crippen LogP contribution is 2.25. The van der Waals surface area contributed by atoms with Gasteiger partial charge >= 0.3 is 0 Å². The summed E-state index contributed by atoms with van der Waals surface area (Å²) in [5, 5.41) is 8.17. The minimum Gasteiger partial charge on any atom is -0.421 e. The highest BCUT2D eigenvalue weighted by Gasteiger charge is 2.31. The van der Waals surface area contributed by atoms with E-state index in [4.69, 9.17) is 4.42 Å². The van der Waals surface area contributed by atoms with Crippen LogP contribution in [0, 0.1) is 5.92 Å². The van der Waals surface area contributed by atoms with Gasteiger partial charge in [-0.15, -0.1) is 10.2 Å². The van der Waals surface area contributed by atoms with Crippen LogP contribution >= 0.6 is 0 Å². The Balaban J connectivity index is 1.62. The van der Waals surface area contributed by atoms with Crippen molar-refractivity contribution in [2.75, 3.05) is 18.8 Å². The first-order chi connectivity index (χ1) is 11.1. The summed E-state index contributed by atoms with van der Waals surface area (Å²) in [6, 6.07) is 9.63. The fourth-order valence-corrected chi connectivity index (χ4v) is 4.48. The summed E-state index contributed by atoms with van der Waals surface area (Å²) >= 11 is 0. The molecule has 1 aromatic heterocycles. The lowest BCUT2D eigenvalue weighted by molar-refractivity contribution is 0.423. The molecule has 0 amide bonds. The van der Waals surface area contributed by atoms with Gasteiger partial charge in [0.1, 0.15) is 0 Å². The van der Waals surface area contributed by atoms with Crippen LogP contribution in [0.25, 0.3) is 11.5 Å². The van der Waals surface area contributed by atoms with Gasteiger partial charge in [-0.3, -0.25) is 0 Å². The third-order valence-electron chi connectivity index (χ3n) is 4.05. The Bertz CT molecular complexity index is 743. The predicted octanol–water partition coefficient (Wildman–Crippen LogP) is 2.34. The van der Waals surface area contributed by atoms with Crippen LogP contribution in [0.3, 0.4) is 0 Å². The minimum absolute atomic E-state index is 0.221. The number of benzene rings is 1. The molecule has 1 aliphatic heterocycles. The maximum atomic E-state index is 12.1. The monoisotopic (exact) mass is 335 g/mol. The van der Waals surface area contributed by atoms with Crippen molar-refractivity contribution in [3.05, 3.63) is 36.2 Å². The normalized spacial score (nSPS) is 19.3. The molecule has 1 atom stereocenters. The molecule has 1 aliphatic rings. The number of rotatable bonds is 6. The molecule has 23 heavy (non-hydrogen) atoms. The van der Waals surface area contributed by atoms with Crippen molar-refractivity contribution >= 4 is 10.0 Å². The lowest BCUT2D eigenvalue weighted by atomic mass is 10.1. The zero-order valence-electron chi connectivity index (χ0n) is 13.2. The van der Waals surface area contributed by atoms with Crippen LogP contribution < -0.4 is 0 Å². The second kappa shape index (κ2) is 6.80. The van der Waals surface area contributed by atoms with Gasteiger partial charge in [0, 0.05) is 25.1 Å². The minimum atomic E-state index is -3.11. The first kappa shape index (κ1) is 16.1. The van der Waals surface area contributed by atoms with Gasteiger partial charge < -0.3 is 4.42 Å². The highest BCUT2D eigenvalue weighted by molar-refractivity contribution is 7.89. The first-order valence-electron chi connectivity index (χ1n) is 7.94. The maximum Gasteiger partial charge on any atom is 0.247 e. The second-order valence-corrected chi connectivity index (χ2v) is 7.99. The van der Waals surface area contributed by atoms with E-state index in [1.54, 1.807) is 4.31 Å². The summed E-state index contributed by atoms with van der Waals surface area (Å²) in [5.41, 5.74) is 0.893. The van der Waals surface area contributed by atoms with Crippen LogP contribution in [0.2, 0.25) is 0 Å². The van der Waals surface area contributed by atoms with Gasteiger partial charge in [-0.1, -0.05) is 25.1 Å². The van der Waals surface area contributed by atoms with E-state index in [-0.39, 0.29) is 11.7 Å². The van der Waals surface area contributed by atoms with Gasteiger partial charge in [-0.25, -0.2) is 12.7 Å². The topological polar surface area (TPSA) is 76.3 Å². The van der Waals surface area contributed by atoms with E-state index < -0.39 is 10.0 Å². The number of nitrogens with zero attached hydrogens (tertiary/aromatic N) is 3. The quantitative estimate of drug-likeness (QED) is 0.810. The van der Waals surface area contributed by atoms with Crippen molar-refractivity contribution in [3.63, 3.8) is 0 Å². The Labute approximate surface area is 136 Å². The maximum absolute atomic E-state index is 12.1. The lowest BCUT2D eigenvalue weighted by Crippen LogP contribution is -2.31. The number of sulfonamides is 1. The van der Waals surface area contributed by atoms with Gasteiger partial charge in [0.25, 0.3) is 0 Å². The highest BCUT2D eigenvalue weighted by atomic mass is 32.2. The Morgan fingerprint density at radius 1 is 1.26 bits per heavy atom. The van der Waals surface area contributed by atoms with Gasteiger partial charge in [0.05, 0.1) is 5.75 Å². The molecule has 6 nitrogen and oxygen atoms in total. The Kier molecular flexibility index (Phi) is 4.77. The zero-order valence-corrected chi connectivity index (χ0v) is 14.0. The van der Waals surface area contributed by atoms with Gasteiger partial charge in [-0.05, 0) is 30.9 Å². The molecule has 0 bridgehead atoms. The van der Waals surface area contributed by atoms with E-state index in [2.05, 4.69) is 10.2 Å². The summed E-state index contributed by atoms with van der Waals surface area (Å²) in [6.07, 6.45) is 2.11. The number of hydrogen-bond acceptors (Lipinski definition) is 5. The third kappa shape index (κ3) is 3.79. The van der Waals surface area contributed by atoms with E-state index in [0.29, 0.717) is 37.7 Å². The van der Waals surface area contributed by atoms with Crippen molar-refractivity contribution < 1.29 is 12.8 Å². The van der Waals surface area contributed by atoms with Gasteiger partial charge in [0.2, 0.25) is 21.8 Å². The Morgan fingerprint density at radius 2 is 2.04 bits per heavy atom. The van der Waals surface area contributed by atoms with Crippen LogP contribution in [0.4, 0.5) is 0 Å². The molecule has 2 aromatic rings. The van der Waals surface area contributed by atoms with E-state index in [1.165, 1.54) is 0 Å². The standard InChI is InChI=1S/C16H21N3O3S/c1-2-10-23(20,21)19-9-8-13(12-19)11-15-17-18-16(22-15)14-6-4-3-5-7-14/h3-7,13H,2,8-12H2,1H3/t13-/m1/s1. The Hall–Kier alpha value is -1.73.